The van der Waals surface area contributed by atoms with Crippen molar-refractivity contribution in [3.8, 4) is 0 Å². The summed E-state index contributed by atoms with van der Waals surface area (Å²) in [5.41, 5.74) is 1.09. The SMILES string of the molecule is C[C@@H]1CC(=O)C2C(CCC3=CC(=O)CC[C@@]32C)C1CCC=O. The predicted molar refractivity (Wildman–Crippen MR) is 84.2 cm³/mol. The number of hydrogen-bond acceptors (Lipinski definition) is 3. The molecule has 0 amide bonds. The minimum absolute atomic E-state index is 0.0634. The molecule has 0 aromatic heterocycles. The normalized spacial score (nSPS) is 41.5. The third kappa shape index (κ3) is 2.39. The number of allylic oxidation sites excluding steroid dienone is 2. The number of carbonyl (C=O) groups is 3. The van der Waals surface area contributed by atoms with Crippen LogP contribution in [0.25, 0.3) is 0 Å². The van der Waals surface area contributed by atoms with E-state index in [1.807, 2.05) is 6.08 Å². The number of fused-ring (bicyclic) bond motifs is 3. The summed E-state index contributed by atoms with van der Waals surface area (Å²) in [6.45, 7) is 4.37. The number of Topliss-reactive ketones (excluding diaryl/α,β-unsaturated/α-hetero) is 1. The Morgan fingerprint density at radius 1 is 1.32 bits per heavy atom. The Balaban J connectivity index is 1.94. The van der Waals surface area contributed by atoms with Gasteiger partial charge in [0.2, 0.25) is 0 Å². The van der Waals surface area contributed by atoms with Gasteiger partial charge in [-0.2, -0.15) is 0 Å². The van der Waals surface area contributed by atoms with Gasteiger partial charge in [0.1, 0.15) is 12.1 Å². The van der Waals surface area contributed by atoms with Gasteiger partial charge < -0.3 is 4.79 Å². The van der Waals surface area contributed by atoms with Crippen LogP contribution in [0.4, 0.5) is 0 Å². The summed E-state index contributed by atoms with van der Waals surface area (Å²) in [6.07, 6.45) is 8.32. The highest BCUT2D eigenvalue weighted by Crippen LogP contribution is 2.58. The Bertz CT molecular complexity index is 533. The van der Waals surface area contributed by atoms with E-state index in [0.29, 0.717) is 42.8 Å². The van der Waals surface area contributed by atoms with E-state index in [4.69, 9.17) is 0 Å². The largest absolute Gasteiger partial charge is 0.303 e. The van der Waals surface area contributed by atoms with Gasteiger partial charge in [0.15, 0.2) is 5.78 Å². The first-order valence-electron chi connectivity index (χ1n) is 8.67. The summed E-state index contributed by atoms with van der Waals surface area (Å²) in [4.78, 5) is 35.4. The summed E-state index contributed by atoms with van der Waals surface area (Å²) in [5.74, 6) is 1.93. The Kier molecular flexibility index (Phi) is 4.09. The maximum absolute atomic E-state index is 12.8. The number of aldehydes is 1. The fourth-order valence-corrected chi connectivity index (χ4v) is 5.48. The topological polar surface area (TPSA) is 51.2 Å². The standard InChI is InChI=1S/C19H26O3/c1-12-10-17(22)18-16(15(12)4-3-9-20)6-5-13-11-14(21)7-8-19(13,18)2/h9,11-12,15-16,18H,3-8,10H2,1-2H3/t12-,15?,16?,18?,19+/m1/s1. The van der Waals surface area contributed by atoms with Crippen molar-refractivity contribution in [1.82, 2.24) is 0 Å². The second kappa shape index (κ2) is 5.75. The third-order valence-corrected chi connectivity index (χ3v) is 6.59. The molecule has 3 rings (SSSR count). The Hall–Kier alpha value is -1.25. The van der Waals surface area contributed by atoms with Crippen LogP contribution >= 0.6 is 0 Å². The molecule has 3 heteroatoms. The van der Waals surface area contributed by atoms with E-state index < -0.39 is 0 Å². The average Bonchev–Trinajstić information content (AvgIpc) is 2.47. The second-order valence-electron chi connectivity index (χ2n) is 7.79. The quantitative estimate of drug-likeness (QED) is 0.750. The smallest absolute Gasteiger partial charge is 0.155 e. The zero-order valence-electron chi connectivity index (χ0n) is 13.6. The van der Waals surface area contributed by atoms with Crippen molar-refractivity contribution in [1.29, 1.82) is 0 Å². The van der Waals surface area contributed by atoms with Crippen molar-refractivity contribution >= 4 is 17.9 Å². The van der Waals surface area contributed by atoms with Crippen LogP contribution < -0.4 is 0 Å². The highest BCUT2D eigenvalue weighted by Gasteiger charge is 2.54. The van der Waals surface area contributed by atoms with Crippen LogP contribution in [-0.2, 0) is 14.4 Å². The van der Waals surface area contributed by atoms with Crippen molar-refractivity contribution in [2.75, 3.05) is 0 Å². The third-order valence-electron chi connectivity index (χ3n) is 6.59. The maximum Gasteiger partial charge on any atom is 0.155 e. The molecule has 0 bridgehead atoms. The molecule has 22 heavy (non-hydrogen) atoms. The number of hydrogen-bond donors (Lipinski definition) is 0. The highest BCUT2D eigenvalue weighted by molar-refractivity contribution is 5.93. The zero-order chi connectivity index (χ0) is 15.9. The van der Waals surface area contributed by atoms with Crippen molar-refractivity contribution in [2.45, 2.75) is 58.8 Å². The van der Waals surface area contributed by atoms with Crippen LogP contribution in [-0.4, -0.2) is 17.9 Å². The lowest BCUT2D eigenvalue weighted by atomic mass is 9.49. The number of rotatable bonds is 3. The Morgan fingerprint density at radius 2 is 2.09 bits per heavy atom. The van der Waals surface area contributed by atoms with E-state index in [0.717, 1.165) is 32.0 Å². The van der Waals surface area contributed by atoms with Gasteiger partial charge in [-0.05, 0) is 54.9 Å². The van der Waals surface area contributed by atoms with Gasteiger partial charge in [0.25, 0.3) is 0 Å². The van der Waals surface area contributed by atoms with Crippen LogP contribution in [0, 0.1) is 29.1 Å². The summed E-state index contributed by atoms with van der Waals surface area (Å²) in [5, 5.41) is 0. The summed E-state index contributed by atoms with van der Waals surface area (Å²) < 4.78 is 0. The van der Waals surface area contributed by atoms with E-state index in [2.05, 4.69) is 13.8 Å². The van der Waals surface area contributed by atoms with Gasteiger partial charge >= 0.3 is 0 Å². The molecule has 3 aliphatic carbocycles. The molecule has 0 radical (unpaired) electrons. The maximum atomic E-state index is 12.8. The first-order valence-corrected chi connectivity index (χ1v) is 8.67. The van der Waals surface area contributed by atoms with Gasteiger partial charge in [0.05, 0.1) is 0 Å². The molecule has 120 valence electrons. The molecule has 3 nitrogen and oxygen atoms in total. The molecule has 0 spiro atoms. The first-order chi connectivity index (χ1) is 10.5. The minimum Gasteiger partial charge on any atom is -0.303 e. The molecular formula is C19H26O3. The van der Waals surface area contributed by atoms with Crippen molar-refractivity contribution in [3.05, 3.63) is 11.6 Å². The molecule has 0 aromatic carbocycles. The Morgan fingerprint density at radius 3 is 2.82 bits per heavy atom. The second-order valence-corrected chi connectivity index (χ2v) is 7.79. The average molecular weight is 302 g/mol. The van der Waals surface area contributed by atoms with Gasteiger partial charge in [-0.3, -0.25) is 9.59 Å². The van der Waals surface area contributed by atoms with E-state index in [1.54, 1.807) is 0 Å². The lowest BCUT2D eigenvalue weighted by Gasteiger charge is -2.54. The predicted octanol–water partition coefficient (Wildman–Crippen LogP) is 3.51. The van der Waals surface area contributed by atoms with Crippen LogP contribution in [0.15, 0.2) is 11.6 Å². The molecule has 0 aliphatic heterocycles. The molecular weight excluding hydrogens is 276 g/mol. The molecule has 3 unspecified atom stereocenters. The van der Waals surface area contributed by atoms with Crippen LogP contribution in [0.5, 0.6) is 0 Å². The molecule has 0 saturated heterocycles. The lowest BCUT2D eigenvalue weighted by molar-refractivity contribution is -0.140. The summed E-state index contributed by atoms with van der Waals surface area (Å²) in [6, 6.07) is 0. The van der Waals surface area contributed by atoms with E-state index in [1.165, 1.54) is 5.57 Å². The molecule has 0 aromatic rings. The summed E-state index contributed by atoms with van der Waals surface area (Å²) >= 11 is 0. The van der Waals surface area contributed by atoms with Crippen molar-refractivity contribution < 1.29 is 14.4 Å². The first kappa shape index (κ1) is 15.6. The van der Waals surface area contributed by atoms with Crippen LogP contribution in [0.1, 0.15) is 58.8 Å². The molecule has 3 aliphatic rings. The van der Waals surface area contributed by atoms with Gasteiger partial charge in [-0.1, -0.05) is 19.4 Å². The van der Waals surface area contributed by atoms with Crippen LogP contribution in [0.3, 0.4) is 0 Å². The fraction of sp³-hybridized carbons (Fsp3) is 0.737. The molecule has 0 heterocycles. The van der Waals surface area contributed by atoms with E-state index >= 15 is 0 Å². The lowest BCUT2D eigenvalue weighted by Crippen LogP contribution is -2.51. The minimum atomic E-state index is -0.118. The Labute approximate surface area is 132 Å². The number of carbonyl (C=O) groups excluding carboxylic acids is 3. The van der Waals surface area contributed by atoms with E-state index in [9.17, 15) is 14.4 Å². The summed E-state index contributed by atoms with van der Waals surface area (Å²) in [7, 11) is 0. The fourth-order valence-electron chi connectivity index (χ4n) is 5.48. The van der Waals surface area contributed by atoms with Gasteiger partial charge in [-0.15, -0.1) is 0 Å². The molecule has 2 saturated carbocycles. The van der Waals surface area contributed by atoms with Crippen LogP contribution in [0.2, 0.25) is 0 Å². The monoisotopic (exact) mass is 302 g/mol. The highest BCUT2D eigenvalue weighted by atomic mass is 16.1. The van der Waals surface area contributed by atoms with Gasteiger partial charge in [-0.25, -0.2) is 0 Å². The number of ketones is 2. The molecule has 2 fully saturated rings. The molecule has 0 N–H and O–H groups in total. The van der Waals surface area contributed by atoms with Crippen molar-refractivity contribution in [2.24, 2.45) is 29.1 Å². The van der Waals surface area contributed by atoms with Gasteiger partial charge in [0, 0.05) is 25.2 Å². The molecule has 5 atom stereocenters. The van der Waals surface area contributed by atoms with E-state index in [-0.39, 0.29) is 17.1 Å². The zero-order valence-corrected chi connectivity index (χ0v) is 13.6. The van der Waals surface area contributed by atoms with Crippen molar-refractivity contribution in [3.63, 3.8) is 0 Å².